The zero-order valence-electron chi connectivity index (χ0n) is 7.27. The van der Waals surface area contributed by atoms with Crippen molar-refractivity contribution < 1.29 is 4.42 Å². The van der Waals surface area contributed by atoms with Crippen molar-refractivity contribution >= 4 is 0 Å². The first-order chi connectivity index (χ1) is 6.31. The van der Waals surface area contributed by atoms with Gasteiger partial charge in [0.1, 0.15) is 5.82 Å². The summed E-state index contributed by atoms with van der Waals surface area (Å²) >= 11 is 0. The van der Waals surface area contributed by atoms with Gasteiger partial charge in [0.25, 0.3) is 0 Å². The predicted molar refractivity (Wildman–Crippen MR) is 46.6 cm³/mol. The average Bonchev–Trinajstić information content (AvgIpc) is 2.71. The number of furan rings is 1. The number of aromatic nitrogens is 3. The molecule has 68 valence electrons. The second-order valence-electron chi connectivity index (χ2n) is 2.66. The number of hydrogen-bond donors (Lipinski definition) is 1. The summed E-state index contributed by atoms with van der Waals surface area (Å²) in [6.45, 7) is 0.379. The number of aryl methyl sites for hydroxylation is 1. The Hall–Kier alpha value is -1.62. The van der Waals surface area contributed by atoms with Crippen LogP contribution in [0.15, 0.2) is 22.8 Å². The minimum atomic E-state index is 0.379. The Morgan fingerprint density at radius 3 is 3.00 bits per heavy atom. The Bertz CT molecular complexity index is 390. The molecule has 0 unspecified atom stereocenters. The standard InChI is InChI=1S/C8H10N4O/c1-12-7(5-9)10-8(11-12)6-3-2-4-13-6/h2-4H,5,9H2,1H3. The van der Waals surface area contributed by atoms with Crippen molar-refractivity contribution in [2.24, 2.45) is 12.8 Å². The predicted octanol–water partition coefficient (Wildman–Crippen LogP) is 0.534. The van der Waals surface area contributed by atoms with E-state index in [-0.39, 0.29) is 0 Å². The first-order valence-corrected chi connectivity index (χ1v) is 3.95. The molecule has 0 amide bonds. The third-order valence-electron chi connectivity index (χ3n) is 1.78. The maximum atomic E-state index is 5.46. The fourth-order valence-electron chi connectivity index (χ4n) is 1.10. The van der Waals surface area contributed by atoms with Crippen LogP contribution in [-0.2, 0) is 13.6 Å². The Morgan fingerprint density at radius 2 is 2.46 bits per heavy atom. The minimum absolute atomic E-state index is 0.379. The molecule has 0 atom stereocenters. The molecule has 13 heavy (non-hydrogen) atoms. The Morgan fingerprint density at radius 1 is 1.62 bits per heavy atom. The van der Waals surface area contributed by atoms with Crippen molar-refractivity contribution in [1.29, 1.82) is 0 Å². The molecule has 5 nitrogen and oxygen atoms in total. The molecule has 0 spiro atoms. The van der Waals surface area contributed by atoms with E-state index < -0.39 is 0 Å². The highest BCUT2D eigenvalue weighted by Crippen LogP contribution is 2.14. The molecule has 0 fully saturated rings. The Balaban J connectivity index is 2.43. The Kier molecular flexibility index (Phi) is 1.86. The molecule has 0 aromatic carbocycles. The quantitative estimate of drug-likeness (QED) is 0.728. The van der Waals surface area contributed by atoms with E-state index in [2.05, 4.69) is 10.1 Å². The highest BCUT2D eigenvalue weighted by Gasteiger charge is 2.09. The first-order valence-electron chi connectivity index (χ1n) is 3.95. The third kappa shape index (κ3) is 1.33. The summed E-state index contributed by atoms with van der Waals surface area (Å²) in [5, 5.41) is 4.16. The maximum Gasteiger partial charge on any atom is 0.217 e. The highest BCUT2D eigenvalue weighted by molar-refractivity contribution is 5.45. The first kappa shape index (κ1) is 8.00. The van der Waals surface area contributed by atoms with E-state index in [1.165, 1.54) is 0 Å². The summed E-state index contributed by atoms with van der Waals surface area (Å²) in [6, 6.07) is 3.61. The molecule has 2 heterocycles. The maximum absolute atomic E-state index is 5.46. The van der Waals surface area contributed by atoms with E-state index in [4.69, 9.17) is 10.2 Å². The van der Waals surface area contributed by atoms with Gasteiger partial charge in [-0.1, -0.05) is 0 Å². The second kappa shape index (κ2) is 3.02. The highest BCUT2D eigenvalue weighted by atomic mass is 16.3. The van der Waals surface area contributed by atoms with Crippen LogP contribution >= 0.6 is 0 Å². The van der Waals surface area contributed by atoms with Crippen LogP contribution in [0, 0.1) is 0 Å². The van der Waals surface area contributed by atoms with Crippen molar-refractivity contribution in [3.8, 4) is 11.6 Å². The molecule has 0 aliphatic heterocycles. The fourth-order valence-corrected chi connectivity index (χ4v) is 1.10. The fraction of sp³-hybridized carbons (Fsp3) is 0.250. The monoisotopic (exact) mass is 178 g/mol. The van der Waals surface area contributed by atoms with Crippen LogP contribution in [0.1, 0.15) is 5.82 Å². The number of hydrogen-bond acceptors (Lipinski definition) is 4. The molecule has 0 radical (unpaired) electrons. The molecule has 0 bridgehead atoms. The van der Waals surface area contributed by atoms with Gasteiger partial charge >= 0.3 is 0 Å². The summed E-state index contributed by atoms with van der Waals surface area (Å²) in [5.41, 5.74) is 5.46. The smallest absolute Gasteiger partial charge is 0.217 e. The van der Waals surface area contributed by atoms with Crippen LogP contribution in [-0.4, -0.2) is 14.8 Å². The topological polar surface area (TPSA) is 69.9 Å². The lowest BCUT2D eigenvalue weighted by Crippen LogP contribution is -2.05. The van der Waals surface area contributed by atoms with Gasteiger partial charge in [0.2, 0.25) is 5.82 Å². The normalized spacial score (nSPS) is 10.6. The molecular weight excluding hydrogens is 168 g/mol. The van der Waals surface area contributed by atoms with Gasteiger partial charge in [0.15, 0.2) is 5.76 Å². The lowest BCUT2D eigenvalue weighted by atomic mass is 10.4. The van der Waals surface area contributed by atoms with Crippen LogP contribution in [0.3, 0.4) is 0 Å². The van der Waals surface area contributed by atoms with Crippen LogP contribution in [0.2, 0.25) is 0 Å². The molecule has 2 N–H and O–H groups in total. The van der Waals surface area contributed by atoms with E-state index in [9.17, 15) is 0 Å². The van der Waals surface area contributed by atoms with Gasteiger partial charge in [-0.15, -0.1) is 5.10 Å². The van der Waals surface area contributed by atoms with E-state index in [0.29, 0.717) is 18.1 Å². The zero-order chi connectivity index (χ0) is 9.26. The van der Waals surface area contributed by atoms with Gasteiger partial charge in [0, 0.05) is 7.05 Å². The summed E-state index contributed by atoms with van der Waals surface area (Å²) in [7, 11) is 1.81. The molecule has 0 saturated carbocycles. The molecule has 0 aliphatic carbocycles. The van der Waals surface area contributed by atoms with Crippen LogP contribution < -0.4 is 5.73 Å². The summed E-state index contributed by atoms with van der Waals surface area (Å²) in [5.74, 6) is 1.98. The Labute approximate surface area is 75.2 Å². The summed E-state index contributed by atoms with van der Waals surface area (Å²) in [4.78, 5) is 4.20. The van der Waals surface area contributed by atoms with E-state index in [1.54, 1.807) is 17.0 Å². The van der Waals surface area contributed by atoms with Gasteiger partial charge < -0.3 is 10.2 Å². The van der Waals surface area contributed by atoms with Crippen molar-refractivity contribution in [1.82, 2.24) is 14.8 Å². The summed E-state index contributed by atoms with van der Waals surface area (Å²) < 4.78 is 6.80. The van der Waals surface area contributed by atoms with Gasteiger partial charge in [-0.3, -0.25) is 4.68 Å². The average molecular weight is 178 g/mol. The number of rotatable bonds is 2. The molecule has 5 heteroatoms. The van der Waals surface area contributed by atoms with Gasteiger partial charge in [-0.2, -0.15) is 0 Å². The van der Waals surface area contributed by atoms with Crippen molar-refractivity contribution in [2.45, 2.75) is 6.54 Å². The molecule has 2 aromatic heterocycles. The number of nitrogens with two attached hydrogens (primary N) is 1. The van der Waals surface area contributed by atoms with Crippen LogP contribution in [0.5, 0.6) is 0 Å². The molecule has 0 aliphatic rings. The molecule has 2 aromatic rings. The van der Waals surface area contributed by atoms with Gasteiger partial charge in [-0.25, -0.2) is 4.98 Å². The molecule has 2 rings (SSSR count). The van der Waals surface area contributed by atoms with E-state index in [0.717, 1.165) is 5.82 Å². The third-order valence-corrected chi connectivity index (χ3v) is 1.78. The second-order valence-corrected chi connectivity index (χ2v) is 2.66. The van der Waals surface area contributed by atoms with E-state index >= 15 is 0 Å². The van der Waals surface area contributed by atoms with Crippen LogP contribution in [0.25, 0.3) is 11.6 Å². The summed E-state index contributed by atoms with van der Waals surface area (Å²) in [6.07, 6.45) is 1.59. The van der Waals surface area contributed by atoms with Crippen LogP contribution in [0.4, 0.5) is 0 Å². The number of nitrogens with zero attached hydrogens (tertiary/aromatic N) is 3. The van der Waals surface area contributed by atoms with Crippen molar-refractivity contribution in [3.63, 3.8) is 0 Å². The lowest BCUT2D eigenvalue weighted by Gasteiger charge is -1.90. The largest absolute Gasteiger partial charge is 0.461 e. The molecule has 0 saturated heterocycles. The van der Waals surface area contributed by atoms with Crippen molar-refractivity contribution in [3.05, 3.63) is 24.2 Å². The van der Waals surface area contributed by atoms with Crippen molar-refractivity contribution in [2.75, 3.05) is 0 Å². The molecular formula is C8H10N4O. The van der Waals surface area contributed by atoms with Gasteiger partial charge in [-0.05, 0) is 12.1 Å². The lowest BCUT2D eigenvalue weighted by molar-refractivity contribution is 0.576. The zero-order valence-corrected chi connectivity index (χ0v) is 7.27. The SMILES string of the molecule is Cn1nc(-c2ccco2)nc1CN. The van der Waals surface area contributed by atoms with Gasteiger partial charge in [0.05, 0.1) is 12.8 Å². The minimum Gasteiger partial charge on any atom is -0.461 e. The van der Waals surface area contributed by atoms with E-state index in [1.807, 2.05) is 13.1 Å².